The van der Waals surface area contributed by atoms with Crippen LogP contribution in [0.2, 0.25) is 0 Å². The lowest BCUT2D eigenvalue weighted by molar-refractivity contribution is 0.489. The van der Waals surface area contributed by atoms with E-state index in [0.717, 1.165) is 10.9 Å². The molecule has 1 heterocycles. The van der Waals surface area contributed by atoms with E-state index >= 15 is 0 Å². The lowest BCUT2D eigenvalue weighted by Crippen LogP contribution is -2.38. The molecule has 0 atom stereocenters. The number of H-pyrrole nitrogens is 1. The highest BCUT2D eigenvalue weighted by molar-refractivity contribution is 5.78. The third kappa shape index (κ3) is 2.61. The van der Waals surface area contributed by atoms with E-state index in [4.69, 9.17) is 6.42 Å². The first kappa shape index (κ1) is 12.4. The standard InChI is InChI=1S/C15H16N2O/c1-4-15(2,3)16-10-12-9-11-7-5-6-8-13(11)17-14(12)18/h1,5-9,16H,10H2,2-3H3,(H,17,18). The molecule has 3 nitrogen and oxygen atoms in total. The Morgan fingerprint density at radius 1 is 1.39 bits per heavy atom. The number of pyridine rings is 1. The predicted octanol–water partition coefficient (Wildman–Crippen LogP) is 2.03. The molecule has 0 bridgehead atoms. The summed E-state index contributed by atoms with van der Waals surface area (Å²) in [7, 11) is 0. The van der Waals surface area contributed by atoms with Gasteiger partial charge < -0.3 is 4.98 Å². The van der Waals surface area contributed by atoms with Crippen LogP contribution in [-0.2, 0) is 6.54 Å². The summed E-state index contributed by atoms with van der Waals surface area (Å²) in [6.07, 6.45) is 5.40. The average molecular weight is 240 g/mol. The Bertz CT molecular complexity index is 662. The van der Waals surface area contributed by atoms with E-state index in [-0.39, 0.29) is 5.56 Å². The van der Waals surface area contributed by atoms with Crippen LogP contribution in [0.15, 0.2) is 35.1 Å². The monoisotopic (exact) mass is 240 g/mol. The second kappa shape index (κ2) is 4.67. The Morgan fingerprint density at radius 3 is 2.83 bits per heavy atom. The summed E-state index contributed by atoms with van der Waals surface area (Å²) >= 11 is 0. The van der Waals surface area contributed by atoms with E-state index in [1.807, 2.05) is 44.2 Å². The second-order valence-electron chi connectivity index (χ2n) is 4.83. The first-order chi connectivity index (χ1) is 8.52. The van der Waals surface area contributed by atoms with Crippen LogP contribution in [0.5, 0.6) is 0 Å². The molecule has 0 amide bonds. The number of benzene rings is 1. The average Bonchev–Trinajstić information content (AvgIpc) is 2.36. The largest absolute Gasteiger partial charge is 0.322 e. The molecular formula is C15H16N2O. The van der Waals surface area contributed by atoms with Gasteiger partial charge in [0.2, 0.25) is 0 Å². The number of aromatic nitrogens is 1. The highest BCUT2D eigenvalue weighted by Crippen LogP contribution is 2.10. The maximum atomic E-state index is 11.9. The molecule has 1 aromatic heterocycles. The molecule has 0 saturated carbocycles. The minimum absolute atomic E-state index is 0.0750. The van der Waals surface area contributed by atoms with Crippen molar-refractivity contribution in [1.82, 2.24) is 10.3 Å². The summed E-state index contributed by atoms with van der Waals surface area (Å²) in [6.45, 7) is 4.27. The number of para-hydroxylation sites is 1. The molecule has 2 rings (SSSR count). The minimum atomic E-state index is -0.419. The molecule has 1 aromatic carbocycles. The molecule has 3 heteroatoms. The molecule has 0 spiro atoms. The molecule has 2 N–H and O–H groups in total. The van der Waals surface area contributed by atoms with E-state index in [1.54, 1.807) is 0 Å². The molecule has 0 aliphatic rings. The highest BCUT2D eigenvalue weighted by atomic mass is 16.1. The molecule has 92 valence electrons. The van der Waals surface area contributed by atoms with Gasteiger partial charge in [0.15, 0.2) is 0 Å². The van der Waals surface area contributed by atoms with Gasteiger partial charge in [0.05, 0.1) is 5.54 Å². The number of aromatic amines is 1. The van der Waals surface area contributed by atoms with Gasteiger partial charge >= 0.3 is 0 Å². The zero-order valence-electron chi connectivity index (χ0n) is 10.6. The molecule has 0 unspecified atom stereocenters. The van der Waals surface area contributed by atoms with Gasteiger partial charge in [-0.25, -0.2) is 0 Å². The van der Waals surface area contributed by atoms with Crippen LogP contribution < -0.4 is 10.9 Å². The van der Waals surface area contributed by atoms with Crippen molar-refractivity contribution < 1.29 is 0 Å². The molecule has 0 aliphatic heterocycles. The fourth-order valence-corrected chi connectivity index (χ4v) is 1.69. The SMILES string of the molecule is C#CC(C)(C)NCc1cc2ccccc2[nH]c1=O. The number of hydrogen-bond donors (Lipinski definition) is 2. The van der Waals surface area contributed by atoms with Crippen molar-refractivity contribution in [3.8, 4) is 12.3 Å². The van der Waals surface area contributed by atoms with E-state index in [2.05, 4.69) is 16.2 Å². The fraction of sp³-hybridized carbons (Fsp3) is 0.267. The van der Waals surface area contributed by atoms with Crippen molar-refractivity contribution in [3.05, 3.63) is 46.2 Å². The number of fused-ring (bicyclic) bond motifs is 1. The quantitative estimate of drug-likeness (QED) is 0.806. The van der Waals surface area contributed by atoms with Crippen LogP contribution >= 0.6 is 0 Å². The van der Waals surface area contributed by atoms with Crippen LogP contribution in [0.1, 0.15) is 19.4 Å². The lowest BCUT2D eigenvalue weighted by atomic mass is 10.1. The van der Waals surface area contributed by atoms with Gasteiger partial charge in [-0.3, -0.25) is 10.1 Å². The zero-order chi connectivity index (χ0) is 13.2. The van der Waals surface area contributed by atoms with Crippen LogP contribution in [0.3, 0.4) is 0 Å². The van der Waals surface area contributed by atoms with Gasteiger partial charge in [0.25, 0.3) is 5.56 Å². The molecule has 0 aliphatic carbocycles. The minimum Gasteiger partial charge on any atom is -0.322 e. The molecule has 0 radical (unpaired) electrons. The number of terminal acetylenes is 1. The van der Waals surface area contributed by atoms with Crippen molar-refractivity contribution >= 4 is 10.9 Å². The number of hydrogen-bond acceptors (Lipinski definition) is 2. The fourth-order valence-electron chi connectivity index (χ4n) is 1.69. The van der Waals surface area contributed by atoms with E-state index in [9.17, 15) is 4.79 Å². The molecule has 2 aromatic rings. The Hall–Kier alpha value is -2.05. The molecule has 0 fully saturated rings. The van der Waals surface area contributed by atoms with Gasteiger partial charge in [-0.05, 0) is 31.4 Å². The van der Waals surface area contributed by atoms with E-state index in [0.29, 0.717) is 12.1 Å². The van der Waals surface area contributed by atoms with Gasteiger partial charge in [-0.1, -0.05) is 24.1 Å². The highest BCUT2D eigenvalue weighted by Gasteiger charge is 2.13. The smallest absolute Gasteiger partial charge is 0.252 e. The molecule has 18 heavy (non-hydrogen) atoms. The van der Waals surface area contributed by atoms with Gasteiger partial charge in [0, 0.05) is 17.6 Å². The Kier molecular flexibility index (Phi) is 3.22. The summed E-state index contributed by atoms with van der Waals surface area (Å²) in [5.74, 6) is 2.64. The second-order valence-corrected chi connectivity index (χ2v) is 4.83. The van der Waals surface area contributed by atoms with Crippen molar-refractivity contribution in [3.63, 3.8) is 0 Å². The maximum absolute atomic E-state index is 11.9. The van der Waals surface area contributed by atoms with Crippen molar-refractivity contribution in [2.45, 2.75) is 25.9 Å². The zero-order valence-corrected chi connectivity index (χ0v) is 10.6. The first-order valence-corrected chi connectivity index (χ1v) is 5.85. The number of rotatable bonds is 3. The maximum Gasteiger partial charge on any atom is 0.252 e. The van der Waals surface area contributed by atoms with Crippen LogP contribution in [0, 0.1) is 12.3 Å². The van der Waals surface area contributed by atoms with E-state index in [1.165, 1.54) is 0 Å². The third-order valence-corrected chi connectivity index (χ3v) is 2.91. The van der Waals surface area contributed by atoms with Crippen molar-refractivity contribution in [2.24, 2.45) is 0 Å². The van der Waals surface area contributed by atoms with Crippen molar-refractivity contribution in [2.75, 3.05) is 0 Å². The topological polar surface area (TPSA) is 44.9 Å². The van der Waals surface area contributed by atoms with Crippen molar-refractivity contribution in [1.29, 1.82) is 0 Å². The Labute approximate surface area is 106 Å². The van der Waals surface area contributed by atoms with Gasteiger partial charge in [0.1, 0.15) is 0 Å². The summed E-state index contributed by atoms with van der Waals surface area (Å²) in [5.41, 5.74) is 1.05. The summed E-state index contributed by atoms with van der Waals surface area (Å²) in [6, 6.07) is 9.61. The normalized spacial score (nSPS) is 11.4. The van der Waals surface area contributed by atoms with Gasteiger partial charge in [-0.15, -0.1) is 6.42 Å². The first-order valence-electron chi connectivity index (χ1n) is 5.85. The predicted molar refractivity (Wildman–Crippen MR) is 74.3 cm³/mol. The summed E-state index contributed by atoms with van der Waals surface area (Å²) in [4.78, 5) is 14.8. The lowest BCUT2D eigenvalue weighted by Gasteiger charge is -2.19. The van der Waals surface area contributed by atoms with Crippen LogP contribution in [0.4, 0.5) is 0 Å². The van der Waals surface area contributed by atoms with Gasteiger partial charge in [-0.2, -0.15) is 0 Å². The third-order valence-electron chi connectivity index (χ3n) is 2.91. The Balaban J connectivity index is 2.32. The summed E-state index contributed by atoms with van der Waals surface area (Å²) in [5, 5.41) is 4.20. The van der Waals surface area contributed by atoms with E-state index < -0.39 is 5.54 Å². The molecular weight excluding hydrogens is 224 g/mol. The van der Waals surface area contributed by atoms with Crippen LogP contribution in [0.25, 0.3) is 10.9 Å². The molecule has 0 saturated heterocycles. The summed E-state index contributed by atoms with van der Waals surface area (Å²) < 4.78 is 0. The number of nitrogens with one attached hydrogen (secondary N) is 2. The van der Waals surface area contributed by atoms with Crippen LogP contribution in [-0.4, -0.2) is 10.5 Å². The Morgan fingerprint density at radius 2 is 2.11 bits per heavy atom.